The number of rotatable bonds is 3. The van der Waals surface area contributed by atoms with Gasteiger partial charge in [-0.15, -0.1) is 5.11 Å². The lowest BCUT2D eigenvalue weighted by Crippen LogP contribution is -2.34. The van der Waals surface area contributed by atoms with Crippen LogP contribution in [0, 0.1) is 13.1 Å². The van der Waals surface area contributed by atoms with E-state index in [9.17, 15) is 18.3 Å². The van der Waals surface area contributed by atoms with E-state index in [2.05, 4.69) is 29.9 Å². The lowest BCUT2D eigenvalue weighted by Gasteiger charge is -2.28. The van der Waals surface area contributed by atoms with Crippen molar-refractivity contribution in [2.24, 2.45) is 22.3 Å². The number of azo groups is 1. The lowest BCUT2D eigenvalue weighted by atomic mass is 10.0. The second-order valence-corrected chi connectivity index (χ2v) is 6.45. The Hall–Kier alpha value is -3.93. The van der Waals surface area contributed by atoms with E-state index >= 15 is 0 Å². The maximum Gasteiger partial charge on any atom is 0.419 e. The van der Waals surface area contributed by atoms with Gasteiger partial charge in [-0.3, -0.25) is 4.99 Å². The maximum absolute atomic E-state index is 12.7. The van der Waals surface area contributed by atoms with Gasteiger partial charge in [0.15, 0.2) is 0 Å². The van der Waals surface area contributed by atoms with Crippen LogP contribution < -0.4 is 10.0 Å². The van der Waals surface area contributed by atoms with Crippen molar-refractivity contribution >= 4 is 40.5 Å². The van der Waals surface area contributed by atoms with E-state index in [-0.39, 0.29) is 29.0 Å². The zero-order valence-corrected chi connectivity index (χ0v) is 15.9. The van der Waals surface area contributed by atoms with Gasteiger partial charge >= 0.3 is 12.1 Å². The molecule has 3 rings (SSSR count). The van der Waals surface area contributed by atoms with Gasteiger partial charge in [-0.2, -0.15) is 13.2 Å². The zero-order chi connectivity index (χ0) is 22.1. The van der Waals surface area contributed by atoms with Crippen LogP contribution in [0.15, 0.2) is 27.4 Å². The SMILES string of the molecule is [C-]#[N+]c1nc(N=Nc2cc3c(cc2N=C([O-])C(F)(F)F)N(C)CCC3)n(C)c1[N+]#[C-]. The number of nitrogens with zero attached hydrogens (tertiary/aromatic N) is 8. The molecule has 0 atom stereocenters. The molecular weight excluding hydrogens is 401 g/mol. The van der Waals surface area contributed by atoms with E-state index in [1.807, 2.05) is 4.90 Å². The van der Waals surface area contributed by atoms with E-state index in [1.54, 1.807) is 7.05 Å². The number of aliphatic imine (C=N–C) groups is 1. The first-order valence-electron chi connectivity index (χ1n) is 8.60. The summed E-state index contributed by atoms with van der Waals surface area (Å²) in [5.41, 5.74) is 1.17. The van der Waals surface area contributed by atoms with Crippen molar-refractivity contribution < 1.29 is 18.3 Å². The number of anilines is 1. The first-order valence-corrected chi connectivity index (χ1v) is 8.60. The fourth-order valence-electron chi connectivity index (χ4n) is 2.99. The fourth-order valence-corrected chi connectivity index (χ4v) is 2.99. The van der Waals surface area contributed by atoms with Crippen LogP contribution in [0.25, 0.3) is 9.69 Å². The minimum atomic E-state index is -5.12. The van der Waals surface area contributed by atoms with Gasteiger partial charge in [-0.25, -0.2) is 4.57 Å². The van der Waals surface area contributed by atoms with Gasteiger partial charge in [0, 0.05) is 19.3 Å². The number of hydrogen-bond donors (Lipinski definition) is 0. The third-order valence-corrected chi connectivity index (χ3v) is 4.47. The van der Waals surface area contributed by atoms with E-state index in [1.165, 1.54) is 23.7 Å². The van der Waals surface area contributed by atoms with E-state index in [4.69, 9.17) is 13.1 Å². The minimum Gasteiger partial charge on any atom is -0.855 e. The van der Waals surface area contributed by atoms with Crippen molar-refractivity contribution in [1.82, 2.24) is 9.55 Å². The van der Waals surface area contributed by atoms with Crippen LogP contribution in [0.3, 0.4) is 0 Å². The molecule has 0 N–H and O–H groups in total. The highest BCUT2D eigenvalue weighted by molar-refractivity contribution is 5.84. The molecule has 2 heterocycles. The molecular formula is C18H14F3N8O-. The molecule has 1 aromatic heterocycles. The number of alkyl halides is 3. The largest absolute Gasteiger partial charge is 0.855 e. The maximum atomic E-state index is 12.7. The van der Waals surface area contributed by atoms with Gasteiger partial charge in [0.2, 0.25) is 0 Å². The van der Waals surface area contributed by atoms with E-state index < -0.39 is 12.1 Å². The topological polar surface area (TPSA) is 89.9 Å². The van der Waals surface area contributed by atoms with Crippen molar-refractivity contribution in [3.8, 4) is 0 Å². The molecule has 1 aliphatic rings. The Labute approximate surface area is 169 Å². The molecule has 1 aliphatic heterocycles. The molecule has 0 fully saturated rings. The summed E-state index contributed by atoms with van der Waals surface area (Å²) in [5.74, 6) is -2.52. The van der Waals surface area contributed by atoms with Crippen molar-refractivity contribution in [3.05, 3.63) is 40.5 Å². The molecule has 9 nitrogen and oxygen atoms in total. The molecule has 30 heavy (non-hydrogen) atoms. The van der Waals surface area contributed by atoms with Crippen LogP contribution >= 0.6 is 0 Å². The molecule has 0 saturated heterocycles. The predicted octanol–water partition coefficient (Wildman–Crippen LogP) is 4.27. The highest BCUT2D eigenvalue weighted by atomic mass is 19.4. The normalized spacial score (nSPS) is 14.5. The fraction of sp³-hybridized carbons (Fsp3) is 0.333. The van der Waals surface area contributed by atoms with Gasteiger partial charge in [-0.05, 0) is 30.5 Å². The second-order valence-electron chi connectivity index (χ2n) is 6.45. The third kappa shape index (κ3) is 3.93. The summed E-state index contributed by atoms with van der Waals surface area (Å²) < 4.78 is 39.4. The number of aryl methyl sites for hydroxylation is 1. The Balaban J connectivity index is 2.12. The Morgan fingerprint density at radius 1 is 1.17 bits per heavy atom. The van der Waals surface area contributed by atoms with Gasteiger partial charge in [0.05, 0.1) is 18.6 Å². The standard InChI is InChI=1S/C18H15F3N8O/c1-22-14-15(23-2)29(4)17(25-14)27-26-12-8-10-6-5-7-28(3)13(10)9-11(12)24-16(30)18(19,20)21/h8-9H,5-7H2,3-4H3,(H,24,30)/p-1. The quantitative estimate of drug-likeness (QED) is 0.324. The van der Waals surface area contributed by atoms with Crippen molar-refractivity contribution in [1.29, 1.82) is 0 Å². The number of fused-ring (bicyclic) bond motifs is 1. The van der Waals surface area contributed by atoms with Crippen molar-refractivity contribution in [3.63, 3.8) is 0 Å². The number of aromatic nitrogens is 2. The first-order chi connectivity index (χ1) is 14.2. The summed E-state index contributed by atoms with van der Waals surface area (Å²) in [6, 6.07) is 2.91. The highest BCUT2D eigenvalue weighted by Gasteiger charge is 2.29. The van der Waals surface area contributed by atoms with Gasteiger partial charge in [0.1, 0.15) is 5.69 Å². The highest BCUT2D eigenvalue weighted by Crippen LogP contribution is 2.40. The monoisotopic (exact) mass is 415 g/mol. The molecule has 0 radical (unpaired) electrons. The lowest BCUT2D eigenvalue weighted by molar-refractivity contribution is -0.262. The van der Waals surface area contributed by atoms with Crippen LogP contribution in [0.2, 0.25) is 0 Å². The predicted molar refractivity (Wildman–Crippen MR) is 101 cm³/mol. The Morgan fingerprint density at radius 2 is 1.90 bits per heavy atom. The van der Waals surface area contributed by atoms with Crippen LogP contribution in [0.5, 0.6) is 0 Å². The molecule has 12 heteroatoms. The molecule has 2 aromatic rings. The molecule has 0 saturated carbocycles. The summed E-state index contributed by atoms with van der Waals surface area (Å²) in [6.07, 6.45) is -3.59. The molecule has 0 spiro atoms. The number of imidazole rings is 1. The smallest absolute Gasteiger partial charge is 0.419 e. The zero-order valence-electron chi connectivity index (χ0n) is 15.9. The summed E-state index contributed by atoms with van der Waals surface area (Å²) >= 11 is 0. The average molecular weight is 415 g/mol. The van der Waals surface area contributed by atoms with E-state index in [0.717, 1.165) is 12.0 Å². The molecule has 0 amide bonds. The van der Waals surface area contributed by atoms with E-state index in [0.29, 0.717) is 18.7 Å². The van der Waals surface area contributed by atoms with Crippen molar-refractivity contribution in [2.75, 3.05) is 18.5 Å². The third-order valence-electron chi connectivity index (χ3n) is 4.47. The summed E-state index contributed by atoms with van der Waals surface area (Å²) in [6.45, 7) is 14.9. The Bertz CT molecular complexity index is 1130. The molecule has 1 aromatic carbocycles. The number of halogens is 3. The summed E-state index contributed by atoms with van der Waals surface area (Å²) in [7, 11) is 3.25. The van der Waals surface area contributed by atoms with Crippen LogP contribution in [0.4, 0.5) is 47.8 Å². The first kappa shape index (κ1) is 20.8. The number of hydrogen-bond acceptors (Lipinski definition) is 6. The van der Waals surface area contributed by atoms with Crippen LogP contribution in [-0.4, -0.2) is 35.2 Å². The Kier molecular flexibility index (Phi) is 5.43. The van der Waals surface area contributed by atoms with Crippen LogP contribution in [-0.2, 0) is 13.5 Å². The molecule has 154 valence electrons. The average Bonchev–Trinajstić information content (AvgIpc) is 3.01. The van der Waals surface area contributed by atoms with Gasteiger partial charge in [-0.1, -0.05) is 23.2 Å². The number of benzene rings is 1. The molecule has 0 aliphatic carbocycles. The van der Waals surface area contributed by atoms with Gasteiger partial charge < -0.3 is 19.7 Å². The van der Waals surface area contributed by atoms with Gasteiger partial charge in [0.25, 0.3) is 11.6 Å². The summed E-state index contributed by atoms with van der Waals surface area (Å²) in [4.78, 5) is 15.3. The Morgan fingerprint density at radius 3 is 2.50 bits per heavy atom. The molecule has 0 bridgehead atoms. The molecule has 0 unspecified atom stereocenters. The van der Waals surface area contributed by atoms with Crippen LogP contribution in [0.1, 0.15) is 12.0 Å². The summed E-state index contributed by atoms with van der Waals surface area (Å²) in [5, 5.41) is 19.2. The minimum absolute atomic E-state index is 0.0387. The van der Waals surface area contributed by atoms with Crippen molar-refractivity contribution in [2.45, 2.75) is 19.0 Å². The second kappa shape index (κ2) is 7.83.